The van der Waals surface area contributed by atoms with Gasteiger partial charge in [0.15, 0.2) is 11.0 Å². The fourth-order valence-corrected chi connectivity index (χ4v) is 4.80. The normalized spacial score (nSPS) is 11.0. The summed E-state index contributed by atoms with van der Waals surface area (Å²) in [5.74, 6) is 0.312. The van der Waals surface area contributed by atoms with E-state index in [1.54, 1.807) is 0 Å². The molecule has 2 heterocycles. The summed E-state index contributed by atoms with van der Waals surface area (Å²) >= 11 is 2.82. The molecule has 3 N–H and O–H groups in total. The van der Waals surface area contributed by atoms with E-state index in [4.69, 9.17) is 5.73 Å². The molecule has 0 saturated heterocycles. The minimum atomic E-state index is -0.396. The van der Waals surface area contributed by atoms with E-state index < -0.39 is 5.91 Å². The number of nitrogens with one attached hydrogen (secondary N) is 1. The fourth-order valence-electron chi connectivity index (χ4n) is 3.32. The second-order valence-electron chi connectivity index (χ2n) is 7.41. The van der Waals surface area contributed by atoms with Gasteiger partial charge in [-0.2, -0.15) is 0 Å². The van der Waals surface area contributed by atoms with E-state index in [0.29, 0.717) is 23.6 Å². The number of rotatable bonds is 11. The molecule has 0 bridgehead atoms. The molecule has 0 aliphatic heterocycles. The summed E-state index contributed by atoms with van der Waals surface area (Å²) in [6.07, 6.45) is 0.174. The van der Waals surface area contributed by atoms with Gasteiger partial charge in [-0.05, 0) is 56.5 Å². The highest BCUT2D eigenvalue weighted by Gasteiger charge is 2.17. The SMILES string of the molecule is CCN(c1ccc(NC(=O)CSc2nnc(-c3cccs3)n2CCC(N)=O)cc1)C(C)C. The summed E-state index contributed by atoms with van der Waals surface area (Å²) < 4.78 is 1.84. The molecule has 2 amide bonds. The van der Waals surface area contributed by atoms with Gasteiger partial charge in [-0.1, -0.05) is 17.8 Å². The van der Waals surface area contributed by atoms with Crippen molar-refractivity contribution < 1.29 is 9.59 Å². The summed E-state index contributed by atoms with van der Waals surface area (Å²) in [5, 5.41) is 13.9. The Morgan fingerprint density at radius 3 is 2.56 bits per heavy atom. The quantitative estimate of drug-likeness (QED) is 0.411. The number of carbonyl (C=O) groups is 2. The first-order chi connectivity index (χ1) is 15.4. The predicted octanol–water partition coefficient (Wildman–Crippen LogP) is 3.85. The maximum absolute atomic E-state index is 12.5. The van der Waals surface area contributed by atoms with E-state index in [9.17, 15) is 9.59 Å². The molecule has 0 aliphatic carbocycles. The number of aromatic nitrogens is 3. The van der Waals surface area contributed by atoms with Crippen LogP contribution in [0.15, 0.2) is 46.9 Å². The summed E-state index contributed by atoms with van der Waals surface area (Å²) in [4.78, 5) is 27.0. The van der Waals surface area contributed by atoms with Crippen LogP contribution in [0.1, 0.15) is 27.2 Å². The molecule has 0 aliphatic rings. The first-order valence-electron chi connectivity index (χ1n) is 10.4. The maximum atomic E-state index is 12.5. The minimum absolute atomic E-state index is 0.138. The lowest BCUT2D eigenvalue weighted by molar-refractivity contribution is -0.118. The Morgan fingerprint density at radius 1 is 1.22 bits per heavy atom. The number of carbonyl (C=O) groups excluding carboxylic acids is 2. The summed E-state index contributed by atoms with van der Waals surface area (Å²) in [6, 6.07) is 12.1. The fraction of sp³-hybridized carbons (Fsp3) is 0.364. The smallest absolute Gasteiger partial charge is 0.234 e. The van der Waals surface area contributed by atoms with E-state index in [2.05, 4.69) is 41.2 Å². The van der Waals surface area contributed by atoms with Gasteiger partial charge in [-0.25, -0.2) is 0 Å². The highest BCUT2D eigenvalue weighted by atomic mass is 32.2. The van der Waals surface area contributed by atoms with Crippen LogP contribution in [0.4, 0.5) is 11.4 Å². The average Bonchev–Trinajstić information content (AvgIpc) is 3.42. The van der Waals surface area contributed by atoms with Crippen molar-refractivity contribution in [2.45, 2.75) is 44.9 Å². The van der Waals surface area contributed by atoms with Crippen LogP contribution in [-0.4, -0.2) is 44.9 Å². The molecular weight excluding hydrogens is 444 g/mol. The van der Waals surface area contributed by atoms with E-state index in [-0.39, 0.29) is 18.1 Å². The largest absolute Gasteiger partial charge is 0.370 e. The van der Waals surface area contributed by atoms with Crippen molar-refractivity contribution in [3.05, 3.63) is 41.8 Å². The van der Waals surface area contributed by atoms with Gasteiger partial charge in [0.2, 0.25) is 11.8 Å². The Balaban J connectivity index is 1.64. The molecule has 32 heavy (non-hydrogen) atoms. The van der Waals surface area contributed by atoms with Crippen LogP contribution in [0.5, 0.6) is 0 Å². The third-order valence-corrected chi connectivity index (χ3v) is 6.65. The lowest BCUT2D eigenvalue weighted by Gasteiger charge is -2.27. The molecule has 1 aromatic carbocycles. The number of nitrogens with two attached hydrogens (primary N) is 1. The van der Waals surface area contributed by atoms with Gasteiger partial charge in [0, 0.05) is 36.9 Å². The van der Waals surface area contributed by atoms with Gasteiger partial charge in [0.05, 0.1) is 10.6 Å². The Morgan fingerprint density at radius 2 is 1.97 bits per heavy atom. The van der Waals surface area contributed by atoms with Crippen molar-refractivity contribution in [1.29, 1.82) is 0 Å². The monoisotopic (exact) mass is 472 g/mol. The zero-order valence-electron chi connectivity index (χ0n) is 18.4. The Bertz CT molecular complexity index is 1030. The summed E-state index contributed by atoms with van der Waals surface area (Å²) in [6.45, 7) is 7.72. The zero-order valence-corrected chi connectivity index (χ0v) is 20.1. The Labute approximate surface area is 196 Å². The van der Waals surface area contributed by atoms with E-state index >= 15 is 0 Å². The standard InChI is InChI=1S/C22H28N6O2S2/c1-4-27(15(2)3)17-9-7-16(8-10-17)24-20(30)14-32-22-26-25-21(18-6-5-13-31-18)28(22)12-11-19(23)29/h5-10,13,15H,4,11-12,14H2,1-3H3,(H2,23,29)(H,24,30). The first kappa shape index (κ1) is 23.8. The maximum Gasteiger partial charge on any atom is 0.234 e. The molecule has 8 nitrogen and oxygen atoms in total. The highest BCUT2D eigenvalue weighted by molar-refractivity contribution is 7.99. The second kappa shape index (κ2) is 11.1. The van der Waals surface area contributed by atoms with Crippen molar-refractivity contribution in [2.24, 2.45) is 5.73 Å². The van der Waals surface area contributed by atoms with Crippen LogP contribution in [0, 0.1) is 0 Å². The van der Waals surface area contributed by atoms with Crippen molar-refractivity contribution in [3.8, 4) is 10.7 Å². The predicted molar refractivity (Wildman–Crippen MR) is 131 cm³/mol. The molecule has 3 rings (SSSR count). The van der Waals surface area contributed by atoms with E-state index in [1.165, 1.54) is 23.1 Å². The number of thiophene rings is 1. The molecule has 0 unspecified atom stereocenters. The van der Waals surface area contributed by atoms with Crippen LogP contribution in [0.2, 0.25) is 0 Å². The van der Waals surface area contributed by atoms with E-state index in [1.807, 2.05) is 46.3 Å². The van der Waals surface area contributed by atoms with Crippen LogP contribution in [0.25, 0.3) is 10.7 Å². The number of hydrogen-bond donors (Lipinski definition) is 2. The molecule has 170 valence electrons. The zero-order chi connectivity index (χ0) is 23.1. The number of anilines is 2. The average molecular weight is 473 g/mol. The number of primary amides is 1. The van der Waals surface area contributed by atoms with Gasteiger partial charge < -0.3 is 20.5 Å². The van der Waals surface area contributed by atoms with Crippen molar-refractivity contribution in [3.63, 3.8) is 0 Å². The van der Waals surface area contributed by atoms with E-state index in [0.717, 1.165) is 22.8 Å². The molecule has 0 saturated carbocycles. The van der Waals surface area contributed by atoms with Gasteiger partial charge >= 0.3 is 0 Å². The lowest BCUT2D eigenvalue weighted by atomic mass is 10.2. The summed E-state index contributed by atoms with van der Waals surface area (Å²) in [5.41, 5.74) is 7.19. The first-order valence-corrected chi connectivity index (χ1v) is 12.3. The van der Waals surface area contributed by atoms with Crippen LogP contribution in [-0.2, 0) is 16.1 Å². The number of amides is 2. The van der Waals surface area contributed by atoms with Crippen LogP contribution in [0.3, 0.4) is 0 Å². The lowest BCUT2D eigenvalue weighted by Crippen LogP contribution is -2.30. The molecular formula is C22H28N6O2S2. The van der Waals surface area contributed by atoms with Crippen molar-refractivity contribution >= 4 is 46.3 Å². The minimum Gasteiger partial charge on any atom is -0.370 e. The van der Waals surface area contributed by atoms with Crippen LogP contribution < -0.4 is 16.0 Å². The summed E-state index contributed by atoms with van der Waals surface area (Å²) in [7, 11) is 0. The number of thioether (sulfide) groups is 1. The highest BCUT2D eigenvalue weighted by Crippen LogP contribution is 2.28. The molecule has 10 heteroatoms. The molecule has 3 aromatic rings. The van der Waals surface area contributed by atoms with Crippen molar-refractivity contribution in [2.75, 3.05) is 22.5 Å². The van der Waals surface area contributed by atoms with Gasteiger partial charge in [-0.15, -0.1) is 21.5 Å². The number of benzene rings is 1. The molecule has 0 atom stereocenters. The Hall–Kier alpha value is -2.85. The van der Waals surface area contributed by atoms with Crippen LogP contribution >= 0.6 is 23.1 Å². The second-order valence-corrected chi connectivity index (χ2v) is 9.31. The third kappa shape index (κ3) is 6.10. The van der Waals surface area contributed by atoms with Gasteiger partial charge in [0.25, 0.3) is 0 Å². The Kier molecular flexibility index (Phi) is 8.29. The number of nitrogens with zero attached hydrogens (tertiary/aromatic N) is 4. The number of hydrogen-bond acceptors (Lipinski definition) is 7. The topological polar surface area (TPSA) is 106 Å². The molecule has 0 fully saturated rings. The van der Waals surface area contributed by atoms with Crippen molar-refractivity contribution in [1.82, 2.24) is 14.8 Å². The molecule has 0 spiro atoms. The van der Waals surface area contributed by atoms with Gasteiger partial charge in [-0.3, -0.25) is 9.59 Å². The molecule has 2 aromatic heterocycles. The van der Waals surface area contributed by atoms with Gasteiger partial charge in [0.1, 0.15) is 0 Å². The third-order valence-electron chi connectivity index (χ3n) is 4.82. The molecule has 0 radical (unpaired) electrons.